The molecule has 136 valence electrons. The van der Waals surface area contributed by atoms with Crippen LogP contribution in [0.3, 0.4) is 0 Å². The van der Waals surface area contributed by atoms with Gasteiger partial charge in [0.1, 0.15) is 11.4 Å². The average molecular weight is 393 g/mol. The van der Waals surface area contributed by atoms with E-state index >= 15 is 0 Å². The number of fused-ring (bicyclic) bond motifs is 1. The Balaban J connectivity index is 1.67. The van der Waals surface area contributed by atoms with E-state index in [0.717, 1.165) is 9.75 Å². The molecule has 7 nitrogen and oxygen atoms in total. The van der Waals surface area contributed by atoms with Crippen molar-refractivity contribution in [2.45, 2.75) is 18.7 Å². The first-order valence-corrected chi connectivity index (χ1v) is 9.89. The Bertz CT molecular complexity index is 1020. The summed E-state index contributed by atoms with van der Waals surface area (Å²) in [6, 6.07) is 7.43. The molecule has 3 rings (SSSR count). The number of benzene rings is 1. The van der Waals surface area contributed by atoms with Crippen LogP contribution in [0.2, 0.25) is 0 Å². The van der Waals surface area contributed by atoms with Gasteiger partial charge >= 0.3 is 5.97 Å². The normalized spacial score (nSPS) is 15.0. The van der Waals surface area contributed by atoms with Crippen LogP contribution in [0.25, 0.3) is 0 Å². The Morgan fingerprint density at radius 1 is 1.19 bits per heavy atom. The van der Waals surface area contributed by atoms with Gasteiger partial charge in [-0.1, -0.05) is 12.1 Å². The molecule has 0 atom stereocenters. The standard InChI is InChI=1S/C17H15NO6S2/c1-10-7-13(11(2)25-10)14(19)9-24-16(20)8-18-17(21)12-5-3-4-6-15(12)26(18,22)23/h3-7H,8-9H2,1-2H3. The lowest BCUT2D eigenvalue weighted by atomic mass is 10.2. The molecule has 1 aliphatic rings. The Morgan fingerprint density at radius 2 is 1.88 bits per heavy atom. The van der Waals surface area contributed by atoms with E-state index in [1.165, 1.54) is 35.6 Å². The van der Waals surface area contributed by atoms with Crippen LogP contribution in [0, 0.1) is 13.8 Å². The molecule has 0 fully saturated rings. The van der Waals surface area contributed by atoms with E-state index in [4.69, 9.17) is 4.74 Å². The molecule has 0 N–H and O–H groups in total. The summed E-state index contributed by atoms with van der Waals surface area (Å²) in [5.41, 5.74) is 0.485. The molecule has 2 aromatic rings. The lowest BCUT2D eigenvalue weighted by Gasteiger charge is -2.14. The fourth-order valence-corrected chi connectivity index (χ4v) is 5.14. The number of amides is 1. The Hall–Kier alpha value is -2.52. The zero-order chi connectivity index (χ0) is 19.1. The maximum atomic E-state index is 12.4. The summed E-state index contributed by atoms with van der Waals surface area (Å²) in [6.07, 6.45) is 0. The number of hydrogen-bond acceptors (Lipinski definition) is 7. The van der Waals surface area contributed by atoms with E-state index in [-0.39, 0.29) is 16.2 Å². The molecular formula is C17H15NO6S2. The summed E-state index contributed by atoms with van der Waals surface area (Å²) in [6.45, 7) is 2.37. The number of rotatable bonds is 5. The summed E-state index contributed by atoms with van der Waals surface area (Å²) in [4.78, 5) is 38.0. The van der Waals surface area contributed by atoms with Crippen molar-refractivity contribution in [3.8, 4) is 0 Å². The summed E-state index contributed by atoms with van der Waals surface area (Å²) >= 11 is 1.46. The molecule has 0 saturated carbocycles. The number of thiophene rings is 1. The van der Waals surface area contributed by atoms with Crippen LogP contribution < -0.4 is 0 Å². The van der Waals surface area contributed by atoms with Crippen molar-refractivity contribution in [1.82, 2.24) is 4.31 Å². The van der Waals surface area contributed by atoms with Crippen LogP contribution in [0.4, 0.5) is 0 Å². The molecule has 0 radical (unpaired) electrons. The number of ether oxygens (including phenoxy) is 1. The minimum atomic E-state index is -4.09. The van der Waals surface area contributed by atoms with Crippen molar-refractivity contribution in [2.24, 2.45) is 0 Å². The third kappa shape index (κ3) is 3.15. The fourth-order valence-electron chi connectivity index (χ4n) is 2.68. The van der Waals surface area contributed by atoms with Crippen LogP contribution in [0.1, 0.15) is 30.5 Å². The number of esters is 1. The molecular weight excluding hydrogens is 378 g/mol. The molecule has 0 spiro atoms. The summed E-state index contributed by atoms with van der Waals surface area (Å²) in [5.74, 6) is -2.13. The molecule has 0 bridgehead atoms. The third-order valence-electron chi connectivity index (χ3n) is 3.89. The van der Waals surface area contributed by atoms with Crippen molar-refractivity contribution in [3.05, 3.63) is 51.2 Å². The van der Waals surface area contributed by atoms with Gasteiger partial charge in [-0.05, 0) is 32.0 Å². The van der Waals surface area contributed by atoms with Gasteiger partial charge < -0.3 is 4.74 Å². The molecule has 1 amide bonds. The first kappa shape index (κ1) is 18.3. The molecule has 1 aliphatic heterocycles. The SMILES string of the molecule is Cc1cc(C(=O)COC(=O)CN2C(=O)c3ccccc3S2(=O)=O)c(C)s1. The van der Waals surface area contributed by atoms with Crippen LogP contribution in [0.15, 0.2) is 35.2 Å². The van der Waals surface area contributed by atoms with E-state index in [1.54, 1.807) is 13.0 Å². The molecule has 1 aromatic heterocycles. The van der Waals surface area contributed by atoms with Gasteiger partial charge in [-0.15, -0.1) is 11.3 Å². The van der Waals surface area contributed by atoms with Crippen LogP contribution in [-0.4, -0.2) is 43.5 Å². The van der Waals surface area contributed by atoms with E-state index in [0.29, 0.717) is 9.87 Å². The average Bonchev–Trinajstić information content (AvgIpc) is 3.03. The van der Waals surface area contributed by atoms with Gasteiger partial charge in [0.15, 0.2) is 6.61 Å². The third-order valence-corrected chi connectivity index (χ3v) is 6.64. The maximum Gasteiger partial charge on any atom is 0.327 e. The smallest absolute Gasteiger partial charge is 0.327 e. The monoisotopic (exact) mass is 393 g/mol. The highest BCUT2D eigenvalue weighted by molar-refractivity contribution is 7.90. The second-order valence-corrected chi connectivity index (χ2v) is 9.01. The first-order valence-electron chi connectivity index (χ1n) is 7.64. The number of nitrogens with zero attached hydrogens (tertiary/aromatic N) is 1. The van der Waals surface area contributed by atoms with Gasteiger partial charge in [0.2, 0.25) is 5.78 Å². The molecule has 1 aromatic carbocycles. The minimum Gasteiger partial charge on any atom is -0.456 e. The highest BCUT2D eigenvalue weighted by Gasteiger charge is 2.42. The molecule has 0 saturated heterocycles. The zero-order valence-electron chi connectivity index (χ0n) is 14.0. The van der Waals surface area contributed by atoms with Crippen LogP contribution in [-0.2, 0) is 19.6 Å². The topological polar surface area (TPSA) is 97.8 Å². The van der Waals surface area contributed by atoms with Gasteiger partial charge in [0.25, 0.3) is 15.9 Å². The van der Waals surface area contributed by atoms with Crippen molar-refractivity contribution in [3.63, 3.8) is 0 Å². The predicted octanol–water partition coefficient (Wildman–Crippen LogP) is 1.94. The highest BCUT2D eigenvalue weighted by Crippen LogP contribution is 2.29. The van der Waals surface area contributed by atoms with Gasteiger partial charge in [0.05, 0.1) is 5.56 Å². The van der Waals surface area contributed by atoms with Crippen LogP contribution >= 0.6 is 11.3 Å². The second-order valence-electron chi connectivity index (χ2n) is 5.72. The van der Waals surface area contributed by atoms with Crippen molar-refractivity contribution >= 4 is 39.0 Å². The number of carbonyl (C=O) groups is 3. The van der Waals surface area contributed by atoms with E-state index in [2.05, 4.69) is 0 Å². The molecule has 26 heavy (non-hydrogen) atoms. The number of hydrogen-bond donors (Lipinski definition) is 0. The Morgan fingerprint density at radius 3 is 2.50 bits per heavy atom. The lowest BCUT2D eigenvalue weighted by Crippen LogP contribution is -2.36. The number of Topliss-reactive ketones (excluding diaryl/α,β-unsaturated/α-hetero) is 1. The molecule has 2 heterocycles. The number of sulfonamides is 1. The number of ketones is 1. The first-order chi connectivity index (χ1) is 12.2. The zero-order valence-corrected chi connectivity index (χ0v) is 15.6. The van der Waals surface area contributed by atoms with Gasteiger partial charge in [-0.2, -0.15) is 0 Å². The van der Waals surface area contributed by atoms with E-state index in [9.17, 15) is 22.8 Å². The number of aryl methyl sites for hydroxylation is 2. The van der Waals surface area contributed by atoms with Crippen molar-refractivity contribution in [2.75, 3.05) is 13.2 Å². The Labute approximate surface area is 154 Å². The highest BCUT2D eigenvalue weighted by atomic mass is 32.2. The Kier molecular flexibility index (Phi) is 4.68. The molecule has 9 heteroatoms. The van der Waals surface area contributed by atoms with E-state index < -0.39 is 35.1 Å². The maximum absolute atomic E-state index is 12.4. The quantitative estimate of drug-likeness (QED) is 0.569. The minimum absolute atomic E-state index is 0.0146. The lowest BCUT2D eigenvalue weighted by molar-refractivity contribution is -0.142. The van der Waals surface area contributed by atoms with E-state index in [1.807, 2.05) is 6.92 Å². The van der Waals surface area contributed by atoms with Crippen molar-refractivity contribution in [1.29, 1.82) is 0 Å². The number of carbonyl (C=O) groups excluding carboxylic acids is 3. The van der Waals surface area contributed by atoms with Crippen LogP contribution in [0.5, 0.6) is 0 Å². The predicted molar refractivity (Wildman–Crippen MR) is 93.7 cm³/mol. The summed E-state index contributed by atoms with van der Waals surface area (Å²) < 4.78 is 30.1. The fraction of sp³-hybridized carbons (Fsp3) is 0.235. The second kappa shape index (κ2) is 6.65. The van der Waals surface area contributed by atoms with Gasteiger partial charge in [-0.25, -0.2) is 12.7 Å². The molecule has 0 aliphatic carbocycles. The molecule has 0 unspecified atom stereocenters. The summed E-state index contributed by atoms with van der Waals surface area (Å²) in [5, 5.41) is 0. The summed E-state index contributed by atoms with van der Waals surface area (Å²) in [7, 11) is -4.09. The van der Waals surface area contributed by atoms with Crippen molar-refractivity contribution < 1.29 is 27.5 Å². The van der Waals surface area contributed by atoms with Gasteiger partial charge in [0, 0.05) is 15.3 Å². The van der Waals surface area contributed by atoms with Gasteiger partial charge in [-0.3, -0.25) is 14.4 Å². The largest absolute Gasteiger partial charge is 0.456 e.